The summed E-state index contributed by atoms with van der Waals surface area (Å²) in [6.07, 6.45) is 0.179. The predicted molar refractivity (Wildman–Crippen MR) is 83.2 cm³/mol. The van der Waals surface area contributed by atoms with Crippen LogP contribution in [0.25, 0.3) is 0 Å². The number of nitrogens with one attached hydrogen (secondary N) is 1. The fraction of sp³-hybridized carbons (Fsp3) is 0.625. The molecule has 0 amide bonds. The van der Waals surface area contributed by atoms with Crippen LogP contribution in [0.4, 0.5) is 0 Å². The Bertz CT molecular complexity index is 390. The first-order chi connectivity index (χ1) is 8.90. The van der Waals surface area contributed by atoms with Crippen LogP contribution in [0.2, 0.25) is 5.02 Å². The van der Waals surface area contributed by atoms with Gasteiger partial charge in [-0.25, -0.2) is 0 Å². The van der Waals surface area contributed by atoms with E-state index in [1.807, 2.05) is 25.1 Å². The Morgan fingerprint density at radius 2 is 1.84 bits per heavy atom. The van der Waals surface area contributed by atoms with Gasteiger partial charge in [-0.15, -0.1) is 0 Å². The summed E-state index contributed by atoms with van der Waals surface area (Å²) in [6.45, 7) is 12.7. The Morgan fingerprint density at radius 1 is 1.16 bits per heavy atom. The summed E-state index contributed by atoms with van der Waals surface area (Å²) in [4.78, 5) is 0. The van der Waals surface area contributed by atoms with Crippen LogP contribution >= 0.6 is 11.6 Å². The van der Waals surface area contributed by atoms with Gasteiger partial charge in [-0.2, -0.15) is 0 Å². The van der Waals surface area contributed by atoms with E-state index in [0.29, 0.717) is 11.8 Å². The zero-order valence-corrected chi connectivity index (χ0v) is 13.4. The van der Waals surface area contributed by atoms with Gasteiger partial charge in [0.05, 0.1) is 0 Å². The maximum absolute atomic E-state index is 6.12. The van der Waals surface area contributed by atoms with Crippen LogP contribution in [0.15, 0.2) is 18.2 Å². The van der Waals surface area contributed by atoms with Crippen LogP contribution in [0.5, 0.6) is 5.75 Å². The van der Waals surface area contributed by atoms with Crippen molar-refractivity contribution >= 4 is 11.6 Å². The van der Waals surface area contributed by atoms with Crippen molar-refractivity contribution in [2.24, 2.45) is 11.8 Å². The molecule has 0 spiro atoms. The van der Waals surface area contributed by atoms with Gasteiger partial charge in [0.1, 0.15) is 11.9 Å². The van der Waals surface area contributed by atoms with E-state index in [2.05, 4.69) is 33.0 Å². The maximum atomic E-state index is 6.12. The molecule has 1 atom stereocenters. The molecular formula is C16H26ClNO. The van der Waals surface area contributed by atoms with Crippen LogP contribution < -0.4 is 10.1 Å². The predicted octanol–water partition coefficient (Wildman–Crippen LogP) is 4.30. The third kappa shape index (κ3) is 5.84. The van der Waals surface area contributed by atoms with Crippen LogP contribution in [0.1, 0.15) is 33.3 Å². The Kier molecular flexibility index (Phi) is 6.67. The minimum Gasteiger partial charge on any atom is -0.489 e. The molecule has 1 aromatic rings. The Hall–Kier alpha value is -0.730. The zero-order chi connectivity index (χ0) is 14.4. The van der Waals surface area contributed by atoms with Gasteiger partial charge < -0.3 is 10.1 Å². The molecule has 1 aromatic carbocycles. The molecule has 0 radical (unpaired) electrons. The average Bonchev–Trinajstić information content (AvgIpc) is 2.30. The second kappa shape index (κ2) is 7.76. The fourth-order valence-electron chi connectivity index (χ4n) is 1.84. The van der Waals surface area contributed by atoms with E-state index in [9.17, 15) is 0 Å². The molecule has 1 N–H and O–H groups in total. The van der Waals surface area contributed by atoms with E-state index in [-0.39, 0.29) is 6.10 Å². The van der Waals surface area contributed by atoms with Gasteiger partial charge in [0.2, 0.25) is 0 Å². The van der Waals surface area contributed by atoms with Crippen molar-refractivity contribution in [1.29, 1.82) is 0 Å². The molecule has 0 bridgehead atoms. The summed E-state index contributed by atoms with van der Waals surface area (Å²) in [5.74, 6) is 2.05. The number of rotatable bonds is 7. The Morgan fingerprint density at radius 3 is 2.37 bits per heavy atom. The van der Waals surface area contributed by atoms with Gasteiger partial charge in [0.15, 0.2) is 0 Å². The maximum Gasteiger partial charge on any atom is 0.122 e. The van der Waals surface area contributed by atoms with Gasteiger partial charge in [0.25, 0.3) is 0 Å². The number of ether oxygens (including phenoxy) is 1. The van der Waals surface area contributed by atoms with Crippen molar-refractivity contribution in [2.45, 2.75) is 40.7 Å². The summed E-state index contributed by atoms with van der Waals surface area (Å²) in [7, 11) is 0. The standard InChI is InChI=1S/C16H26ClNO/c1-11(2)9-18-10-16(12(3)4)19-15-7-6-14(17)8-13(15)5/h6-8,11-12,16,18H,9-10H2,1-5H3. The van der Waals surface area contributed by atoms with E-state index in [1.165, 1.54) is 0 Å². The van der Waals surface area contributed by atoms with Gasteiger partial charge >= 0.3 is 0 Å². The summed E-state index contributed by atoms with van der Waals surface area (Å²) in [5.41, 5.74) is 1.09. The third-order valence-corrected chi connectivity index (χ3v) is 3.29. The lowest BCUT2D eigenvalue weighted by molar-refractivity contribution is 0.147. The van der Waals surface area contributed by atoms with E-state index < -0.39 is 0 Å². The second-order valence-corrected chi connectivity index (χ2v) is 6.30. The monoisotopic (exact) mass is 283 g/mol. The SMILES string of the molecule is Cc1cc(Cl)ccc1OC(CNCC(C)C)C(C)C. The van der Waals surface area contributed by atoms with Crippen molar-refractivity contribution in [3.05, 3.63) is 28.8 Å². The average molecular weight is 284 g/mol. The van der Waals surface area contributed by atoms with E-state index in [4.69, 9.17) is 16.3 Å². The quantitative estimate of drug-likeness (QED) is 0.806. The first-order valence-corrected chi connectivity index (χ1v) is 7.41. The summed E-state index contributed by atoms with van der Waals surface area (Å²) < 4.78 is 6.12. The topological polar surface area (TPSA) is 21.3 Å². The molecule has 1 unspecified atom stereocenters. The number of hydrogen-bond donors (Lipinski definition) is 1. The third-order valence-electron chi connectivity index (χ3n) is 3.06. The Labute approximate surface area is 122 Å². The van der Waals surface area contributed by atoms with Crippen molar-refractivity contribution in [3.8, 4) is 5.75 Å². The van der Waals surface area contributed by atoms with Gasteiger partial charge in [0, 0.05) is 11.6 Å². The van der Waals surface area contributed by atoms with Crippen molar-refractivity contribution in [3.63, 3.8) is 0 Å². The van der Waals surface area contributed by atoms with E-state index in [0.717, 1.165) is 29.4 Å². The molecule has 0 aliphatic rings. The lowest BCUT2D eigenvalue weighted by Gasteiger charge is -2.24. The highest BCUT2D eigenvalue weighted by molar-refractivity contribution is 6.30. The first-order valence-electron chi connectivity index (χ1n) is 7.03. The number of aryl methyl sites for hydroxylation is 1. The summed E-state index contributed by atoms with van der Waals surface area (Å²) in [6, 6.07) is 5.77. The first kappa shape index (κ1) is 16.3. The Balaban J connectivity index is 2.62. The normalized spacial score (nSPS) is 13.1. The highest BCUT2D eigenvalue weighted by Crippen LogP contribution is 2.24. The lowest BCUT2D eigenvalue weighted by atomic mass is 10.1. The molecule has 0 heterocycles. The minimum atomic E-state index is 0.179. The van der Waals surface area contributed by atoms with Crippen LogP contribution in [-0.4, -0.2) is 19.2 Å². The number of benzene rings is 1. The lowest BCUT2D eigenvalue weighted by Crippen LogP contribution is -2.37. The van der Waals surface area contributed by atoms with E-state index in [1.54, 1.807) is 0 Å². The van der Waals surface area contributed by atoms with Crippen molar-refractivity contribution in [1.82, 2.24) is 5.32 Å². The number of halogens is 1. The molecule has 3 heteroatoms. The molecule has 19 heavy (non-hydrogen) atoms. The highest BCUT2D eigenvalue weighted by Gasteiger charge is 2.16. The van der Waals surface area contributed by atoms with Crippen LogP contribution in [-0.2, 0) is 0 Å². The van der Waals surface area contributed by atoms with Crippen LogP contribution in [0, 0.1) is 18.8 Å². The molecule has 2 nitrogen and oxygen atoms in total. The minimum absolute atomic E-state index is 0.179. The molecule has 0 saturated carbocycles. The van der Waals surface area contributed by atoms with Crippen LogP contribution in [0.3, 0.4) is 0 Å². The fourth-order valence-corrected chi connectivity index (χ4v) is 2.06. The van der Waals surface area contributed by atoms with Crippen molar-refractivity contribution in [2.75, 3.05) is 13.1 Å². The molecule has 0 fully saturated rings. The highest BCUT2D eigenvalue weighted by atomic mass is 35.5. The summed E-state index contributed by atoms with van der Waals surface area (Å²) >= 11 is 5.97. The molecular weight excluding hydrogens is 258 g/mol. The molecule has 0 aromatic heterocycles. The molecule has 0 aliphatic carbocycles. The summed E-state index contributed by atoms with van der Waals surface area (Å²) in [5, 5.41) is 4.22. The largest absolute Gasteiger partial charge is 0.489 e. The molecule has 1 rings (SSSR count). The van der Waals surface area contributed by atoms with Gasteiger partial charge in [-0.3, -0.25) is 0 Å². The second-order valence-electron chi connectivity index (χ2n) is 5.86. The molecule has 108 valence electrons. The zero-order valence-electron chi connectivity index (χ0n) is 12.7. The molecule has 0 saturated heterocycles. The van der Waals surface area contributed by atoms with Gasteiger partial charge in [-0.1, -0.05) is 39.3 Å². The van der Waals surface area contributed by atoms with E-state index >= 15 is 0 Å². The molecule has 0 aliphatic heterocycles. The van der Waals surface area contributed by atoms with Crippen molar-refractivity contribution < 1.29 is 4.74 Å². The van der Waals surface area contributed by atoms with Gasteiger partial charge in [-0.05, 0) is 49.1 Å². The smallest absolute Gasteiger partial charge is 0.122 e. The number of hydrogen-bond acceptors (Lipinski definition) is 2.